The number of Topliss-reactive ketones (excluding diaryl/α,β-unsaturated/α-hetero) is 1. The highest BCUT2D eigenvalue weighted by atomic mass is 16.3. The van der Waals surface area contributed by atoms with Crippen LogP contribution in [0.25, 0.3) is 5.57 Å². The van der Waals surface area contributed by atoms with E-state index in [-0.39, 0.29) is 5.78 Å². The molecule has 2 aromatic rings. The molecule has 1 saturated heterocycles. The van der Waals surface area contributed by atoms with Crippen molar-refractivity contribution < 1.29 is 9.90 Å². The minimum Gasteiger partial charge on any atom is -0.508 e. The number of ketones is 1. The molecule has 3 heteroatoms. The first kappa shape index (κ1) is 17.4. The third-order valence-electron chi connectivity index (χ3n) is 6.34. The van der Waals surface area contributed by atoms with E-state index in [2.05, 4.69) is 41.3 Å². The van der Waals surface area contributed by atoms with Crippen LogP contribution < -0.4 is 0 Å². The molecule has 2 aromatic carbocycles. The van der Waals surface area contributed by atoms with E-state index in [1.54, 1.807) is 12.1 Å². The smallest absolute Gasteiger partial charge is 0.189 e. The summed E-state index contributed by atoms with van der Waals surface area (Å²) in [5.41, 5.74) is 7.27. The minimum atomic E-state index is 0.111. The van der Waals surface area contributed by atoms with Crippen LogP contribution in [0.3, 0.4) is 0 Å². The topological polar surface area (TPSA) is 40.5 Å². The molecule has 1 N–H and O–H groups in total. The standard InChI is InChI=1S/C25H25NO2/c27-24-11-10-21-22(23(24)16-26-12-4-1-5-13-26)15-19(25(21)28)14-18-9-8-17-6-2-3-7-20(17)18/h2-3,6-7,9-11,14,27H,1,4-5,8,12-13,15-16H2/b19-14+. The number of benzene rings is 2. The summed E-state index contributed by atoms with van der Waals surface area (Å²) >= 11 is 0. The van der Waals surface area contributed by atoms with Gasteiger partial charge in [0.15, 0.2) is 5.78 Å². The monoisotopic (exact) mass is 371 g/mol. The maximum absolute atomic E-state index is 13.1. The minimum absolute atomic E-state index is 0.111. The number of phenolic OH excluding ortho intramolecular Hbond substituents is 1. The lowest BCUT2D eigenvalue weighted by molar-refractivity contribution is 0.103. The number of likely N-dealkylation sites (tertiary alicyclic amines) is 1. The van der Waals surface area contributed by atoms with E-state index in [0.29, 0.717) is 12.2 Å². The van der Waals surface area contributed by atoms with Crippen molar-refractivity contribution in [2.75, 3.05) is 13.1 Å². The number of fused-ring (bicyclic) bond motifs is 2. The molecule has 142 valence electrons. The van der Waals surface area contributed by atoms with Crippen LogP contribution in [-0.4, -0.2) is 28.9 Å². The number of nitrogens with zero attached hydrogens (tertiary/aromatic N) is 1. The number of carbonyl (C=O) groups is 1. The summed E-state index contributed by atoms with van der Waals surface area (Å²) in [6, 6.07) is 11.9. The fourth-order valence-corrected chi connectivity index (χ4v) is 4.81. The maximum Gasteiger partial charge on any atom is 0.189 e. The maximum atomic E-state index is 13.1. The normalized spacial score (nSPS) is 20.4. The van der Waals surface area contributed by atoms with Gasteiger partial charge in [0.1, 0.15) is 5.75 Å². The van der Waals surface area contributed by atoms with Gasteiger partial charge in [0.05, 0.1) is 0 Å². The van der Waals surface area contributed by atoms with Crippen LogP contribution in [0.4, 0.5) is 0 Å². The van der Waals surface area contributed by atoms with Crippen LogP contribution >= 0.6 is 0 Å². The number of rotatable bonds is 3. The van der Waals surface area contributed by atoms with E-state index in [0.717, 1.165) is 53.9 Å². The molecule has 28 heavy (non-hydrogen) atoms. The highest BCUT2D eigenvalue weighted by Crippen LogP contribution is 2.37. The predicted molar refractivity (Wildman–Crippen MR) is 111 cm³/mol. The van der Waals surface area contributed by atoms with Gasteiger partial charge in [0, 0.05) is 29.7 Å². The Hall–Kier alpha value is -2.65. The molecule has 0 aromatic heterocycles. The summed E-state index contributed by atoms with van der Waals surface area (Å²) in [6.07, 6.45) is 9.54. The molecule has 1 aliphatic heterocycles. The average molecular weight is 371 g/mol. The van der Waals surface area contributed by atoms with Crippen LogP contribution in [0.15, 0.2) is 54.1 Å². The lowest BCUT2D eigenvalue weighted by Crippen LogP contribution is -2.29. The van der Waals surface area contributed by atoms with Crippen LogP contribution in [0.2, 0.25) is 0 Å². The third-order valence-corrected chi connectivity index (χ3v) is 6.34. The van der Waals surface area contributed by atoms with E-state index >= 15 is 0 Å². The SMILES string of the molecule is O=C1/C(=C/C2=CCc3ccccc32)Cc2c1ccc(O)c2CN1CCCCC1. The first-order valence-corrected chi connectivity index (χ1v) is 10.3. The Bertz CT molecular complexity index is 1010. The first-order valence-electron chi connectivity index (χ1n) is 10.3. The van der Waals surface area contributed by atoms with Crippen molar-refractivity contribution in [3.05, 3.63) is 81.9 Å². The van der Waals surface area contributed by atoms with E-state index in [4.69, 9.17) is 0 Å². The van der Waals surface area contributed by atoms with Crippen LogP contribution in [0, 0.1) is 0 Å². The summed E-state index contributed by atoms with van der Waals surface area (Å²) in [5.74, 6) is 0.434. The number of phenols is 1. The van der Waals surface area contributed by atoms with Gasteiger partial charge in [0.25, 0.3) is 0 Å². The molecule has 0 unspecified atom stereocenters. The van der Waals surface area contributed by atoms with Gasteiger partial charge in [-0.3, -0.25) is 9.69 Å². The van der Waals surface area contributed by atoms with Gasteiger partial charge in [-0.05, 0) is 72.8 Å². The summed E-state index contributed by atoms with van der Waals surface area (Å²) in [7, 11) is 0. The summed E-state index contributed by atoms with van der Waals surface area (Å²) < 4.78 is 0. The molecule has 0 saturated carbocycles. The second-order valence-corrected chi connectivity index (χ2v) is 8.12. The number of carbonyl (C=O) groups excluding carboxylic acids is 1. The highest BCUT2D eigenvalue weighted by molar-refractivity contribution is 6.14. The van der Waals surface area contributed by atoms with Crippen molar-refractivity contribution >= 4 is 11.4 Å². The van der Waals surface area contributed by atoms with E-state index in [1.165, 1.54) is 30.4 Å². The van der Waals surface area contributed by atoms with E-state index in [9.17, 15) is 9.90 Å². The Morgan fingerprint density at radius 3 is 2.68 bits per heavy atom. The predicted octanol–water partition coefficient (Wildman–Crippen LogP) is 4.68. The van der Waals surface area contributed by atoms with Gasteiger partial charge in [-0.25, -0.2) is 0 Å². The van der Waals surface area contributed by atoms with Crippen molar-refractivity contribution in [1.82, 2.24) is 4.90 Å². The van der Waals surface area contributed by atoms with Crippen molar-refractivity contribution in [1.29, 1.82) is 0 Å². The lowest BCUT2D eigenvalue weighted by Gasteiger charge is -2.27. The zero-order valence-corrected chi connectivity index (χ0v) is 16.1. The molecular weight excluding hydrogens is 346 g/mol. The molecule has 0 bridgehead atoms. The fraction of sp³-hybridized carbons (Fsp3) is 0.320. The van der Waals surface area contributed by atoms with Crippen molar-refractivity contribution in [3.8, 4) is 5.75 Å². The average Bonchev–Trinajstić information content (AvgIpc) is 3.27. The number of hydrogen-bond donors (Lipinski definition) is 1. The van der Waals surface area contributed by atoms with Crippen molar-refractivity contribution in [2.24, 2.45) is 0 Å². The largest absolute Gasteiger partial charge is 0.508 e. The van der Waals surface area contributed by atoms with Gasteiger partial charge in [-0.15, -0.1) is 0 Å². The van der Waals surface area contributed by atoms with Crippen LogP contribution in [-0.2, 0) is 19.4 Å². The number of allylic oxidation sites excluding steroid dienone is 4. The second kappa shape index (κ2) is 7.06. The van der Waals surface area contributed by atoms with Gasteiger partial charge in [-0.2, -0.15) is 0 Å². The Balaban J connectivity index is 1.46. The Morgan fingerprint density at radius 2 is 1.82 bits per heavy atom. The summed E-state index contributed by atoms with van der Waals surface area (Å²) in [6.45, 7) is 2.88. The van der Waals surface area contributed by atoms with Crippen molar-refractivity contribution in [2.45, 2.75) is 38.6 Å². The van der Waals surface area contributed by atoms with Crippen LogP contribution in [0.1, 0.15) is 51.9 Å². The lowest BCUT2D eigenvalue weighted by atomic mass is 10.00. The third kappa shape index (κ3) is 3.00. The molecule has 3 aliphatic rings. The molecule has 0 radical (unpaired) electrons. The quantitative estimate of drug-likeness (QED) is 0.796. The van der Waals surface area contributed by atoms with E-state index < -0.39 is 0 Å². The van der Waals surface area contributed by atoms with Gasteiger partial charge in [-0.1, -0.05) is 36.8 Å². The van der Waals surface area contributed by atoms with Gasteiger partial charge in [0.2, 0.25) is 0 Å². The number of hydrogen-bond acceptors (Lipinski definition) is 3. The zero-order valence-electron chi connectivity index (χ0n) is 16.1. The zero-order chi connectivity index (χ0) is 19.1. The molecule has 3 nitrogen and oxygen atoms in total. The molecule has 0 atom stereocenters. The highest BCUT2D eigenvalue weighted by Gasteiger charge is 2.30. The Labute approximate surface area is 166 Å². The fourth-order valence-electron chi connectivity index (χ4n) is 4.81. The molecule has 1 fully saturated rings. The van der Waals surface area contributed by atoms with Gasteiger partial charge >= 0.3 is 0 Å². The molecule has 2 aliphatic carbocycles. The number of piperidine rings is 1. The van der Waals surface area contributed by atoms with E-state index in [1.807, 2.05) is 0 Å². The molecule has 0 amide bonds. The molecule has 1 heterocycles. The number of aromatic hydroxyl groups is 1. The second-order valence-electron chi connectivity index (χ2n) is 8.12. The Morgan fingerprint density at radius 1 is 1.00 bits per heavy atom. The molecule has 0 spiro atoms. The summed E-state index contributed by atoms with van der Waals surface area (Å²) in [5, 5.41) is 10.5. The first-order chi connectivity index (χ1) is 13.7. The summed E-state index contributed by atoms with van der Waals surface area (Å²) in [4.78, 5) is 15.5. The van der Waals surface area contributed by atoms with Crippen molar-refractivity contribution in [3.63, 3.8) is 0 Å². The Kier molecular flexibility index (Phi) is 4.40. The van der Waals surface area contributed by atoms with Crippen LogP contribution in [0.5, 0.6) is 5.75 Å². The molecular formula is C25H25NO2. The van der Waals surface area contributed by atoms with Gasteiger partial charge < -0.3 is 5.11 Å². The molecule has 5 rings (SSSR count).